The fourth-order valence-corrected chi connectivity index (χ4v) is 2.39. The lowest BCUT2D eigenvalue weighted by molar-refractivity contribution is 0.466. The number of nitrogens with zero attached hydrogens (tertiary/aromatic N) is 2. The first kappa shape index (κ1) is 10.5. The van der Waals surface area contributed by atoms with Crippen LogP contribution in [0.1, 0.15) is 24.6 Å². The molecule has 1 unspecified atom stereocenters. The maximum atomic E-state index is 13.2. The fraction of sp³-hybridized carbons (Fsp3) is 0.308. The topological polar surface area (TPSA) is 43.8 Å². The molecular formula is C13H14FN3. The van der Waals surface area contributed by atoms with E-state index in [-0.39, 0.29) is 11.9 Å². The molecule has 88 valence electrons. The molecule has 0 amide bonds. The van der Waals surface area contributed by atoms with Gasteiger partial charge in [-0.2, -0.15) is 0 Å². The molecule has 2 heterocycles. The highest BCUT2D eigenvalue weighted by molar-refractivity contribution is 5.56. The normalized spacial score (nSPS) is 19.1. The van der Waals surface area contributed by atoms with E-state index in [2.05, 4.69) is 9.55 Å². The molecular weight excluding hydrogens is 217 g/mol. The highest BCUT2D eigenvalue weighted by Crippen LogP contribution is 2.28. The minimum Gasteiger partial charge on any atom is -0.327 e. The summed E-state index contributed by atoms with van der Waals surface area (Å²) in [4.78, 5) is 4.38. The van der Waals surface area contributed by atoms with Gasteiger partial charge in [0.05, 0.1) is 11.9 Å². The number of hydrogen-bond donors (Lipinski definition) is 1. The van der Waals surface area contributed by atoms with E-state index in [1.807, 2.05) is 12.3 Å². The lowest BCUT2D eigenvalue weighted by Gasteiger charge is -2.22. The molecule has 1 aromatic heterocycles. The fourth-order valence-electron chi connectivity index (χ4n) is 2.39. The van der Waals surface area contributed by atoms with Crippen molar-refractivity contribution in [1.29, 1.82) is 0 Å². The molecule has 2 aromatic rings. The van der Waals surface area contributed by atoms with Crippen molar-refractivity contribution >= 4 is 0 Å². The Hall–Kier alpha value is -1.68. The lowest BCUT2D eigenvalue weighted by atomic mass is 10.1. The molecule has 3 nitrogen and oxygen atoms in total. The number of benzene rings is 1. The van der Waals surface area contributed by atoms with Crippen LogP contribution in [-0.2, 0) is 6.54 Å². The zero-order chi connectivity index (χ0) is 11.8. The first-order chi connectivity index (χ1) is 8.25. The van der Waals surface area contributed by atoms with E-state index in [0.717, 1.165) is 36.5 Å². The second-order valence-electron chi connectivity index (χ2n) is 4.42. The van der Waals surface area contributed by atoms with Crippen LogP contribution in [0.15, 0.2) is 30.5 Å². The predicted octanol–water partition coefficient (Wildman–Crippen LogP) is 2.48. The van der Waals surface area contributed by atoms with E-state index in [4.69, 9.17) is 5.73 Å². The molecule has 3 rings (SSSR count). The summed E-state index contributed by atoms with van der Waals surface area (Å²) in [6.07, 6.45) is 3.85. The molecule has 0 radical (unpaired) electrons. The summed E-state index contributed by atoms with van der Waals surface area (Å²) in [7, 11) is 0. The standard InChI is InChI=1S/C13H14FN3/c14-10-4-1-3-9(7-10)13-16-8-12-11(15)5-2-6-17(12)13/h1,3-4,7-8,11H,2,5-6,15H2. The van der Waals surface area contributed by atoms with E-state index >= 15 is 0 Å². The molecule has 0 spiro atoms. The molecule has 0 saturated carbocycles. The van der Waals surface area contributed by atoms with Crippen LogP contribution in [0.3, 0.4) is 0 Å². The van der Waals surface area contributed by atoms with Gasteiger partial charge < -0.3 is 10.3 Å². The Bertz CT molecular complexity index is 547. The van der Waals surface area contributed by atoms with E-state index in [9.17, 15) is 4.39 Å². The smallest absolute Gasteiger partial charge is 0.140 e. The second kappa shape index (κ2) is 3.96. The summed E-state index contributed by atoms with van der Waals surface area (Å²) < 4.78 is 15.3. The molecule has 0 fully saturated rings. The monoisotopic (exact) mass is 231 g/mol. The van der Waals surface area contributed by atoms with Crippen molar-refractivity contribution in [2.24, 2.45) is 5.73 Å². The SMILES string of the molecule is NC1CCCn2c1cnc2-c1cccc(F)c1. The Morgan fingerprint density at radius 2 is 2.29 bits per heavy atom. The highest BCUT2D eigenvalue weighted by atomic mass is 19.1. The molecule has 2 N–H and O–H groups in total. The first-order valence-corrected chi connectivity index (χ1v) is 5.82. The number of rotatable bonds is 1. The van der Waals surface area contributed by atoms with E-state index in [1.165, 1.54) is 12.1 Å². The Labute approximate surface area is 99.1 Å². The summed E-state index contributed by atoms with van der Waals surface area (Å²) >= 11 is 0. The van der Waals surface area contributed by atoms with Crippen LogP contribution in [0.25, 0.3) is 11.4 Å². The van der Waals surface area contributed by atoms with Crippen molar-refractivity contribution in [1.82, 2.24) is 9.55 Å². The summed E-state index contributed by atoms with van der Waals surface area (Å²) in [5.74, 6) is 0.578. The highest BCUT2D eigenvalue weighted by Gasteiger charge is 2.20. The summed E-state index contributed by atoms with van der Waals surface area (Å²) in [6.45, 7) is 0.912. The van der Waals surface area contributed by atoms with Crippen molar-refractivity contribution in [3.63, 3.8) is 0 Å². The second-order valence-corrected chi connectivity index (χ2v) is 4.42. The van der Waals surface area contributed by atoms with Crippen LogP contribution in [-0.4, -0.2) is 9.55 Å². The average molecular weight is 231 g/mol. The first-order valence-electron chi connectivity index (χ1n) is 5.82. The van der Waals surface area contributed by atoms with Crippen LogP contribution in [0.5, 0.6) is 0 Å². The van der Waals surface area contributed by atoms with Gasteiger partial charge in [0.15, 0.2) is 0 Å². The van der Waals surface area contributed by atoms with Crippen LogP contribution in [0.4, 0.5) is 4.39 Å². The van der Waals surface area contributed by atoms with Crippen LogP contribution in [0, 0.1) is 5.82 Å². The molecule has 1 aromatic carbocycles. The molecule has 1 atom stereocenters. The quantitative estimate of drug-likeness (QED) is 0.819. The third-order valence-corrected chi connectivity index (χ3v) is 3.25. The van der Waals surface area contributed by atoms with E-state index < -0.39 is 0 Å². The number of halogens is 1. The van der Waals surface area contributed by atoms with Crippen LogP contribution >= 0.6 is 0 Å². The Kier molecular flexibility index (Phi) is 2.44. The van der Waals surface area contributed by atoms with E-state index in [1.54, 1.807) is 6.07 Å². The Morgan fingerprint density at radius 1 is 1.41 bits per heavy atom. The van der Waals surface area contributed by atoms with Gasteiger partial charge in [-0.05, 0) is 25.0 Å². The number of nitrogens with two attached hydrogens (primary N) is 1. The number of aromatic nitrogens is 2. The van der Waals surface area contributed by atoms with Gasteiger partial charge in [-0.1, -0.05) is 12.1 Å². The number of fused-ring (bicyclic) bond motifs is 1. The zero-order valence-corrected chi connectivity index (χ0v) is 9.44. The van der Waals surface area contributed by atoms with E-state index in [0.29, 0.717) is 0 Å². The Morgan fingerprint density at radius 3 is 3.12 bits per heavy atom. The van der Waals surface area contributed by atoms with Gasteiger partial charge in [0.1, 0.15) is 11.6 Å². The summed E-state index contributed by atoms with van der Waals surface area (Å²) in [5, 5.41) is 0. The molecule has 0 bridgehead atoms. The maximum absolute atomic E-state index is 13.2. The van der Waals surface area contributed by atoms with Crippen LogP contribution in [0.2, 0.25) is 0 Å². The zero-order valence-electron chi connectivity index (χ0n) is 9.44. The summed E-state index contributed by atoms with van der Waals surface area (Å²) in [6, 6.07) is 6.58. The molecule has 17 heavy (non-hydrogen) atoms. The van der Waals surface area contributed by atoms with Gasteiger partial charge in [0.25, 0.3) is 0 Å². The van der Waals surface area contributed by atoms with Crippen molar-refractivity contribution in [3.05, 3.63) is 42.0 Å². The summed E-state index contributed by atoms with van der Waals surface area (Å²) in [5.41, 5.74) is 7.89. The number of hydrogen-bond acceptors (Lipinski definition) is 2. The molecule has 1 aliphatic rings. The lowest BCUT2D eigenvalue weighted by Crippen LogP contribution is -2.21. The molecule has 0 saturated heterocycles. The average Bonchev–Trinajstić information content (AvgIpc) is 2.74. The van der Waals surface area contributed by atoms with Crippen molar-refractivity contribution in [2.75, 3.05) is 0 Å². The van der Waals surface area contributed by atoms with Gasteiger partial charge in [-0.25, -0.2) is 9.37 Å². The van der Waals surface area contributed by atoms with Gasteiger partial charge >= 0.3 is 0 Å². The largest absolute Gasteiger partial charge is 0.327 e. The predicted molar refractivity (Wildman–Crippen MR) is 63.8 cm³/mol. The van der Waals surface area contributed by atoms with Gasteiger partial charge in [0.2, 0.25) is 0 Å². The van der Waals surface area contributed by atoms with Crippen molar-refractivity contribution in [2.45, 2.75) is 25.4 Å². The van der Waals surface area contributed by atoms with Gasteiger partial charge in [0, 0.05) is 18.2 Å². The third kappa shape index (κ3) is 1.74. The minimum atomic E-state index is -0.236. The minimum absolute atomic E-state index is 0.0542. The van der Waals surface area contributed by atoms with Crippen molar-refractivity contribution < 1.29 is 4.39 Å². The third-order valence-electron chi connectivity index (χ3n) is 3.25. The Balaban J connectivity index is 2.10. The van der Waals surface area contributed by atoms with Crippen LogP contribution < -0.4 is 5.73 Å². The maximum Gasteiger partial charge on any atom is 0.140 e. The van der Waals surface area contributed by atoms with Crippen molar-refractivity contribution in [3.8, 4) is 11.4 Å². The van der Waals surface area contributed by atoms with Gasteiger partial charge in [-0.15, -0.1) is 0 Å². The molecule has 1 aliphatic heterocycles. The number of imidazole rings is 1. The van der Waals surface area contributed by atoms with Gasteiger partial charge in [-0.3, -0.25) is 0 Å². The molecule has 0 aliphatic carbocycles. The molecule has 4 heteroatoms.